The minimum absolute atomic E-state index is 0.00871. The molecular weight excluding hydrogens is 338 g/mol. The third-order valence-corrected chi connectivity index (χ3v) is 4.88. The van der Waals surface area contributed by atoms with Crippen LogP contribution < -0.4 is 14.8 Å². The number of rotatable bonds is 4. The van der Waals surface area contributed by atoms with E-state index in [1.807, 2.05) is 42.5 Å². The molecule has 4 nitrogen and oxygen atoms in total. The number of nitrogens with one attached hydrogen (secondary N) is 1. The fourth-order valence-electron chi connectivity index (χ4n) is 3.69. The SMILES string of the molecule is C#CCOc1ccc([C@@H]2CC(=O)Nc3ccc4ccccc4c32)cc1OC. The van der Waals surface area contributed by atoms with Gasteiger partial charge in [0.25, 0.3) is 0 Å². The lowest BCUT2D eigenvalue weighted by Crippen LogP contribution is -2.23. The predicted octanol–water partition coefficient (Wildman–Crippen LogP) is 4.33. The summed E-state index contributed by atoms with van der Waals surface area (Å²) in [6.45, 7) is 0.176. The summed E-state index contributed by atoms with van der Waals surface area (Å²) in [4.78, 5) is 12.3. The van der Waals surface area contributed by atoms with Crippen LogP contribution in [0.3, 0.4) is 0 Å². The Bertz CT molecular complexity index is 1060. The van der Waals surface area contributed by atoms with Crippen molar-refractivity contribution in [3.63, 3.8) is 0 Å². The summed E-state index contributed by atoms with van der Waals surface area (Å²) in [6, 6.07) is 18.0. The summed E-state index contributed by atoms with van der Waals surface area (Å²) in [6.07, 6.45) is 5.66. The van der Waals surface area contributed by atoms with Crippen LogP contribution in [0, 0.1) is 12.3 Å². The molecule has 0 saturated heterocycles. The molecule has 1 aliphatic heterocycles. The van der Waals surface area contributed by atoms with Gasteiger partial charge in [0, 0.05) is 18.0 Å². The van der Waals surface area contributed by atoms with Gasteiger partial charge in [-0.05, 0) is 40.1 Å². The smallest absolute Gasteiger partial charge is 0.225 e. The number of benzene rings is 3. The number of hydrogen-bond acceptors (Lipinski definition) is 3. The average Bonchev–Trinajstić information content (AvgIpc) is 2.71. The van der Waals surface area contributed by atoms with Gasteiger partial charge in [0.05, 0.1) is 7.11 Å². The van der Waals surface area contributed by atoms with Crippen LogP contribution in [0.1, 0.15) is 23.5 Å². The molecule has 0 radical (unpaired) electrons. The van der Waals surface area contributed by atoms with Crippen LogP contribution in [0.5, 0.6) is 11.5 Å². The van der Waals surface area contributed by atoms with E-state index in [0.717, 1.165) is 27.6 Å². The summed E-state index contributed by atoms with van der Waals surface area (Å²) in [5.74, 6) is 3.60. The molecule has 0 saturated carbocycles. The van der Waals surface area contributed by atoms with E-state index in [4.69, 9.17) is 15.9 Å². The molecule has 27 heavy (non-hydrogen) atoms. The van der Waals surface area contributed by atoms with Crippen molar-refractivity contribution in [3.8, 4) is 23.8 Å². The monoisotopic (exact) mass is 357 g/mol. The molecule has 0 fully saturated rings. The lowest BCUT2D eigenvalue weighted by Gasteiger charge is -2.28. The van der Waals surface area contributed by atoms with Gasteiger partial charge in [-0.1, -0.05) is 42.3 Å². The van der Waals surface area contributed by atoms with E-state index < -0.39 is 0 Å². The number of terminal acetylenes is 1. The van der Waals surface area contributed by atoms with E-state index in [2.05, 4.69) is 23.4 Å². The Balaban J connectivity index is 1.85. The van der Waals surface area contributed by atoms with Gasteiger partial charge in [0.15, 0.2) is 11.5 Å². The van der Waals surface area contributed by atoms with Crippen molar-refractivity contribution in [2.45, 2.75) is 12.3 Å². The highest BCUT2D eigenvalue weighted by Crippen LogP contribution is 2.43. The van der Waals surface area contributed by atoms with E-state index in [1.54, 1.807) is 7.11 Å². The maximum absolute atomic E-state index is 12.3. The standard InChI is InChI=1S/C23H19NO3/c1-3-12-27-20-11-9-16(13-21(20)26-2)18-14-22(25)24-19-10-8-15-6-4-5-7-17(15)23(18)19/h1,4-11,13,18H,12,14H2,2H3,(H,24,25)/t18-/m0/s1. The molecule has 3 aromatic carbocycles. The third-order valence-electron chi connectivity index (χ3n) is 4.88. The first-order valence-electron chi connectivity index (χ1n) is 8.77. The molecule has 0 bridgehead atoms. The normalized spacial score (nSPS) is 15.6. The molecule has 3 aromatic rings. The zero-order valence-corrected chi connectivity index (χ0v) is 15.0. The molecule has 0 unspecified atom stereocenters. The van der Waals surface area contributed by atoms with Gasteiger partial charge in [-0.2, -0.15) is 0 Å². The maximum atomic E-state index is 12.3. The van der Waals surface area contributed by atoms with Gasteiger partial charge in [-0.3, -0.25) is 4.79 Å². The molecular formula is C23H19NO3. The minimum atomic E-state index is -0.0598. The van der Waals surface area contributed by atoms with E-state index in [0.29, 0.717) is 17.9 Å². The number of methoxy groups -OCH3 is 1. The summed E-state index contributed by atoms with van der Waals surface area (Å²) in [5, 5.41) is 5.30. The first-order valence-corrected chi connectivity index (χ1v) is 8.77. The average molecular weight is 357 g/mol. The summed E-state index contributed by atoms with van der Waals surface area (Å²) in [5.41, 5.74) is 3.00. The van der Waals surface area contributed by atoms with Gasteiger partial charge in [-0.15, -0.1) is 6.42 Å². The largest absolute Gasteiger partial charge is 0.493 e. The number of anilines is 1. The van der Waals surface area contributed by atoms with E-state index >= 15 is 0 Å². The van der Waals surface area contributed by atoms with Crippen LogP contribution in [0.25, 0.3) is 10.8 Å². The minimum Gasteiger partial charge on any atom is -0.493 e. The van der Waals surface area contributed by atoms with Crippen molar-refractivity contribution in [1.29, 1.82) is 0 Å². The van der Waals surface area contributed by atoms with Gasteiger partial charge in [0.1, 0.15) is 6.61 Å². The molecule has 4 rings (SSSR count). The lowest BCUT2D eigenvalue weighted by molar-refractivity contribution is -0.116. The second kappa shape index (κ2) is 7.05. The Hall–Kier alpha value is -3.45. The Kier molecular flexibility index (Phi) is 4.43. The Morgan fingerprint density at radius 2 is 2.00 bits per heavy atom. The zero-order chi connectivity index (χ0) is 18.8. The van der Waals surface area contributed by atoms with Crippen molar-refractivity contribution in [2.24, 2.45) is 0 Å². The van der Waals surface area contributed by atoms with Crippen LogP contribution in [0.4, 0.5) is 5.69 Å². The van der Waals surface area contributed by atoms with Crippen LogP contribution in [-0.4, -0.2) is 19.6 Å². The number of carbonyl (C=O) groups is 1. The Labute approximate surface area is 158 Å². The van der Waals surface area contributed by atoms with Crippen LogP contribution in [-0.2, 0) is 4.79 Å². The van der Waals surface area contributed by atoms with Crippen molar-refractivity contribution in [1.82, 2.24) is 0 Å². The third kappa shape index (κ3) is 3.09. The van der Waals surface area contributed by atoms with E-state index in [1.165, 1.54) is 0 Å². The second-order valence-electron chi connectivity index (χ2n) is 6.46. The number of carbonyl (C=O) groups excluding carboxylic acids is 1. The summed E-state index contributed by atoms with van der Waals surface area (Å²) < 4.78 is 11.0. The quantitative estimate of drug-likeness (QED) is 0.707. The number of hydrogen-bond donors (Lipinski definition) is 1. The maximum Gasteiger partial charge on any atom is 0.225 e. The van der Waals surface area contributed by atoms with Crippen LogP contribution in [0.2, 0.25) is 0 Å². The van der Waals surface area contributed by atoms with E-state index in [-0.39, 0.29) is 18.4 Å². The number of ether oxygens (including phenoxy) is 2. The molecule has 1 N–H and O–H groups in total. The van der Waals surface area contributed by atoms with Crippen molar-refractivity contribution in [3.05, 3.63) is 65.7 Å². The molecule has 4 heteroatoms. The highest BCUT2D eigenvalue weighted by molar-refractivity contribution is 6.01. The summed E-state index contributed by atoms with van der Waals surface area (Å²) in [7, 11) is 1.60. The molecule has 1 heterocycles. The van der Waals surface area contributed by atoms with Gasteiger partial charge < -0.3 is 14.8 Å². The molecule has 134 valence electrons. The molecule has 1 atom stereocenters. The molecule has 1 aliphatic rings. The van der Waals surface area contributed by atoms with Crippen molar-refractivity contribution >= 4 is 22.4 Å². The number of amides is 1. The highest BCUT2D eigenvalue weighted by Gasteiger charge is 2.29. The van der Waals surface area contributed by atoms with Gasteiger partial charge in [-0.25, -0.2) is 0 Å². The van der Waals surface area contributed by atoms with Crippen LogP contribution >= 0.6 is 0 Å². The fourth-order valence-corrected chi connectivity index (χ4v) is 3.69. The van der Waals surface area contributed by atoms with Crippen LogP contribution in [0.15, 0.2) is 54.6 Å². The van der Waals surface area contributed by atoms with Gasteiger partial charge >= 0.3 is 0 Å². The first-order chi connectivity index (χ1) is 13.2. The molecule has 0 aromatic heterocycles. The van der Waals surface area contributed by atoms with E-state index in [9.17, 15) is 4.79 Å². The predicted molar refractivity (Wildman–Crippen MR) is 106 cm³/mol. The Morgan fingerprint density at radius 3 is 2.81 bits per heavy atom. The second-order valence-corrected chi connectivity index (χ2v) is 6.46. The summed E-state index contributed by atoms with van der Waals surface area (Å²) >= 11 is 0. The van der Waals surface area contributed by atoms with Crippen molar-refractivity contribution in [2.75, 3.05) is 19.0 Å². The first kappa shape index (κ1) is 17.0. The lowest BCUT2D eigenvalue weighted by atomic mass is 9.82. The fraction of sp³-hybridized carbons (Fsp3) is 0.174. The molecule has 0 aliphatic carbocycles. The molecule has 0 spiro atoms. The zero-order valence-electron chi connectivity index (χ0n) is 15.0. The van der Waals surface area contributed by atoms with Crippen molar-refractivity contribution < 1.29 is 14.3 Å². The number of fused-ring (bicyclic) bond motifs is 3. The topological polar surface area (TPSA) is 47.6 Å². The highest BCUT2D eigenvalue weighted by atomic mass is 16.5. The van der Waals surface area contributed by atoms with Gasteiger partial charge in [0.2, 0.25) is 5.91 Å². The molecule has 1 amide bonds. The Morgan fingerprint density at radius 1 is 1.15 bits per heavy atom.